The van der Waals surface area contributed by atoms with Gasteiger partial charge in [0.1, 0.15) is 0 Å². The van der Waals surface area contributed by atoms with Gasteiger partial charge in [0.05, 0.1) is 11.7 Å². The Labute approximate surface area is 252 Å². The van der Waals surface area contributed by atoms with Crippen molar-refractivity contribution in [2.45, 2.75) is 116 Å². The lowest BCUT2D eigenvalue weighted by Gasteiger charge is -2.71. The van der Waals surface area contributed by atoms with Gasteiger partial charge in [0.2, 0.25) is 0 Å². The molecule has 4 nitrogen and oxygen atoms in total. The third kappa shape index (κ3) is 3.55. The Balaban J connectivity index is 1.19. The molecule has 2 N–H and O–H groups in total. The van der Waals surface area contributed by atoms with Crippen molar-refractivity contribution in [1.82, 2.24) is 4.90 Å². The molecule has 2 bridgehead atoms. The van der Waals surface area contributed by atoms with Gasteiger partial charge >= 0.3 is 0 Å². The van der Waals surface area contributed by atoms with Crippen LogP contribution in [0, 0.1) is 39.4 Å². The second-order valence-corrected chi connectivity index (χ2v) is 16.2. The summed E-state index contributed by atoms with van der Waals surface area (Å²) in [6, 6.07) is 8.80. The molecule has 1 heterocycles. The zero-order valence-electron chi connectivity index (χ0n) is 25.9. The van der Waals surface area contributed by atoms with E-state index in [0.29, 0.717) is 11.7 Å². The molecule has 4 fully saturated rings. The molecule has 226 valence electrons. The van der Waals surface area contributed by atoms with E-state index in [2.05, 4.69) is 61.2 Å². The number of rotatable bonds is 4. The molecule has 9 rings (SSSR count). The summed E-state index contributed by atoms with van der Waals surface area (Å²) in [5.41, 5.74) is 2.50. The molecule has 1 aromatic carbocycles. The number of aliphatic hydroxyl groups excluding tert-OH is 1. The van der Waals surface area contributed by atoms with Crippen LogP contribution < -0.4 is 0 Å². The Kier molecular flexibility index (Phi) is 6.20. The normalized spacial score (nSPS) is 46.4. The van der Waals surface area contributed by atoms with Crippen molar-refractivity contribution in [3.63, 3.8) is 0 Å². The fourth-order valence-corrected chi connectivity index (χ4v) is 12.3. The summed E-state index contributed by atoms with van der Waals surface area (Å²) in [7, 11) is 0. The van der Waals surface area contributed by atoms with Crippen molar-refractivity contribution in [2.75, 3.05) is 13.1 Å². The summed E-state index contributed by atoms with van der Waals surface area (Å²) in [5, 5.41) is 23.7. The number of allylic oxidation sites excluding steroid dienone is 4. The standard InChI is InChI=1S/C38H51NO3/c1-34-16-12-29(40)22-36(34)19-20-38(30(23-36)33(41)27-9-4-3-5-10-27)31(34)13-17-35(2)32(38)14-18-37(35,42)25-39-21-15-26-8-6-7-11-28(26)24-39/h6-8,11,19-20,23,27,29,31-32,40,42H,3-5,9-10,12-18,21-22,24-25H2,1-2H3/t29?,31-,32-,34-,35+,36+,37-,38-/m1/s1. The average molecular weight is 570 g/mol. The number of ketones is 1. The third-order valence-electron chi connectivity index (χ3n) is 14.6. The summed E-state index contributed by atoms with van der Waals surface area (Å²) in [6.07, 6.45) is 20.3. The quantitative estimate of drug-likeness (QED) is 0.392. The van der Waals surface area contributed by atoms with Gasteiger partial charge in [-0.2, -0.15) is 0 Å². The lowest BCUT2D eigenvalue weighted by molar-refractivity contribution is -0.180. The van der Waals surface area contributed by atoms with Crippen LogP contribution in [-0.4, -0.2) is 45.7 Å². The molecule has 1 aromatic rings. The van der Waals surface area contributed by atoms with Crippen LogP contribution in [0.2, 0.25) is 0 Å². The Morgan fingerprint density at radius 1 is 0.905 bits per heavy atom. The zero-order valence-corrected chi connectivity index (χ0v) is 25.9. The molecule has 1 unspecified atom stereocenters. The molecule has 0 saturated heterocycles. The third-order valence-corrected chi connectivity index (χ3v) is 14.6. The number of nitrogens with zero attached hydrogens (tertiary/aromatic N) is 1. The highest BCUT2D eigenvalue weighted by Gasteiger charge is 2.74. The molecule has 4 heteroatoms. The fraction of sp³-hybridized carbons (Fsp3) is 0.711. The summed E-state index contributed by atoms with van der Waals surface area (Å²) in [4.78, 5) is 17.2. The van der Waals surface area contributed by atoms with Gasteiger partial charge in [0, 0.05) is 47.4 Å². The first kappa shape index (κ1) is 27.8. The first-order chi connectivity index (χ1) is 20.1. The van der Waals surface area contributed by atoms with Gasteiger partial charge in [-0.25, -0.2) is 0 Å². The summed E-state index contributed by atoms with van der Waals surface area (Å²) >= 11 is 0. The SMILES string of the molecule is C[C@]12CC[C@H]3[C@]4(C=C[C@@]5(C=C4C(=O)C4CCCCC4)CC(O)CC[C@]35C)[C@@H]1CC[C@@]2(O)CN1CCc2ccccc2C1. The van der Waals surface area contributed by atoms with Gasteiger partial charge in [0.15, 0.2) is 5.78 Å². The van der Waals surface area contributed by atoms with E-state index in [1.54, 1.807) is 0 Å². The van der Waals surface area contributed by atoms with Crippen molar-refractivity contribution in [3.8, 4) is 0 Å². The molecule has 8 atom stereocenters. The summed E-state index contributed by atoms with van der Waals surface area (Å²) in [6.45, 7) is 7.54. The molecule has 0 aromatic heterocycles. The number of hydrogen-bond donors (Lipinski definition) is 2. The number of carbonyl (C=O) groups is 1. The van der Waals surface area contributed by atoms with E-state index in [9.17, 15) is 15.0 Å². The Bertz CT molecular complexity index is 1340. The van der Waals surface area contributed by atoms with E-state index in [4.69, 9.17) is 0 Å². The van der Waals surface area contributed by atoms with Crippen molar-refractivity contribution in [1.29, 1.82) is 0 Å². The van der Waals surface area contributed by atoms with Crippen molar-refractivity contribution >= 4 is 5.78 Å². The van der Waals surface area contributed by atoms with Crippen LogP contribution in [0.3, 0.4) is 0 Å². The van der Waals surface area contributed by atoms with Crippen LogP contribution in [0.5, 0.6) is 0 Å². The maximum Gasteiger partial charge on any atom is 0.162 e. The number of fused-ring (bicyclic) bond motifs is 2. The van der Waals surface area contributed by atoms with E-state index >= 15 is 0 Å². The molecule has 0 amide bonds. The van der Waals surface area contributed by atoms with E-state index in [-0.39, 0.29) is 39.6 Å². The van der Waals surface area contributed by atoms with Crippen LogP contribution in [-0.2, 0) is 17.8 Å². The van der Waals surface area contributed by atoms with Crippen LogP contribution >= 0.6 is 0 Å². The highest BCUT2D eigenvalue weighted by Crippen LogP contribution is 2.78. The smallest absolute Gasteiger partial charge is 0.162 e. The Hall–Kier alpha value is -1.75. The monoisotopic (exact) mass is 569 g/mol. The Morgan fingerprint density at radius 2 is 1.62 bits per heavy atom. The maximum atomic E-state index is 14.7. The number of hydrogen-bond acceptors (Lipinski definition) is 4. The van der Waals surface area contributed by atoms with E-state index in [1.165, 1.54) is 17.5 Å². The van der Waals surface area contributed by atoms with Gasteiger partial charge in [-0.3, -0.25) is 9.69 Å². The predicted molar refractivity (Wildman–Crippen MR) is 166 cm³/mol. The molecular weight excluding hydrogens is 518 g/mol. The summed E-state index contributed by atoms with van der Waals surface area (Å²) in [5.74, 6) is 1.23. The van der Waals surface area contributed by atoms with Gasteiger partial charge in [-0.05, 0) is 92.6 Å². The largest absolute Gasteiger partial charge is 0.393 e. The van der Waals surface area contributed by atoms with Gasteiger partial charge < -0.3 is 10.2 Å². The van der Waals surface area contributed by atoms with Crippen molar-refractivity contribution in [2.24, 2.45) is 39.4 Å². The minimum Gasteiger partial charge on any atom is -0.393 e. The van der Waals surface area contributed by atoms with Crippen LogP contribution in [0.1, 0.15) is 102 Å². The molecule has 0 radical (unpaired) electrons. The van der Waals surface area contributed by atoms with E-state index in [1.807, 2.05) is 0 Å². The minimum atomic E-state index is -0.758. The summed E-state index contributed by atoms with van der Waals surface area (Å²) < 4.78 is 0. The van der Waals surface area contributed by atoms with Crippen molar-refractivity contribution < 1.29 is 15.0 Å². The number of aliphatic hydroxyl groups is 2. The lowest BCUT2D eigenvalue weighted by Crippen LogP contribution is -2.67. The zero-order chi connectivity index (χ0) is 29.0. The van der Waals surface area contributed by atoms with Gasteiger partial charge in [-0.15, -0.1) is 0 Å². The highest BCUT2D eigenvalue weighted by molar-refractivity contribution is 6.00. The van der Waals surface area contributed by atoms with E-state index in [0.717, 1.165) is 102 Å². The van der Waals surface area contributed by atoms with Crippen LogP contribution in [0.4, 0.5) is 0 Å². The molecule has 8 aliphatic rings. The fourth-order valence-electron chi connectivity index (χ4n) is 12.3. The van der Waals surface area contributed by atoms with Crippen molar-refractivity contribution in [3.05, 3.63) is 59.2 Å². The molecular formula is C38H51NO3. The molecule has 7 aliphatic carbocycles. The second kappa shape index (κ2) is 9.38. The van der Waals surface area contributed by atoms with Gasteiger partial charge in [-0.1, -0.05) is 75.6 Å². The minimum absolute atomic E-state index is 0.0515. The first-order valence-electron chi connectivity index (χ1n) is 17.3. The van der Waals surface area contributed by atoms with Gasteiger partial charge in [0.25, 0.3) is 0 Å². The molecule has 42 heavy (non-hydrogen) atoms. The highest BCUT2D eigenvalue weighted by atomic mass is 16.3. The molecule has 4 saturated carbocycles. The first-order valence-corrected chi connectivity index (χ1v) is 17.3. The number of carbonyl (C=O) groups excluding carboxylic acids is 1. The topological polar surface area (TPSA) is 60.8 Å². The number of benzene rings is 1. The lowest BCUT2D eigenvalue weighted by atomic mass is 9.32. The average Bonchev–Trinajstić information content (AvgIpc) is 3.27. The Morgan fingerprint density at radius 3 is 2.43 bits per heavy atom. The number of β-amino-alcohol motifs (C(OH)–C–C–N with tert-alkyl or cyclic N) is 1. The second-order valence-electron chi connectivity index (χ2n) is 16.2. The molecule has 2 spiro atoms. The van der Waals surface area contributed by atoms with Crippen LogP contribution in [0.25, 0.3) is 0 Å². The number of Topliss-reactive ketones (excluding diaryl/α,β-unsaturated/α-hetero) is 1. The van der Waals surface area contributed by atoms with Crippen LogP contribution in [0.15, 0.2) is 48.1 Å². The molecule has 1 aliphatic heterocycles. The maximum absolute atomic E-state index is 14.7. The van der Waals surface area contributed by atoms with E-state index < -0.39 is 5.60 Å². The predicted octanol–water partition coefficient (Wildman–Crippen LogP) is 6.79.